The Balaban J connectivity index is 1.98. The Labute approximate surface area is 175 Å². The summed E-state index contributed by atoms with van der Waals surface area (Å²) in [5, 5.41) is 4.47. The smallest absolute Gasteiger partial charge is 0.269 e. The highest BCUT2D eigenvalue weighted by Crippen LogP contribution is 2.31. The van der Waals surface area contributed by atoms with E-state index < -0.39 is 0 Å². The number of fused-ring (bicyclic) bond motifs is 1. The molecular formula is C23H25N5O2. The summed E-state index contributed by atoms with van der Waals surface area (Å²) < 4.78 is 9.23. The fourth-order valence-corrected chi connectivity index (χ4v) is 3.56. The van der Waals surface area contributed by atoms with E-state index in [0.29, 0.717) is 28.6 Å². The van der Waals surface area contributed by atoms with Gasteiger partial charge in [0.1, 0.15) is 11.2 Å². The number of nitrogens with zero attached hydrogens (tertiary/aromatic N) is 5. The number of aryl methyl sites for hydroxylation is 2. The monoisotopic (exact) mass is 403 g/mol. The van der Waals surface area contributed by atoms with Gasteiger partial charge in [-0.05, 0) is 45.4 Å². The molecule has 0 saturated heterocycles. The number of benzene rings is 1. The van der Waals surface area contributed by atoms with Gasteiger partial charge in [0.25, 0.3) is 5.56 Å². The van der Waals surface area contributed by atoms with E-state index in [0.717, 1.165) is 11.1 Å². The standard InChI is InChI=1S/C23H25N5O2/c1-14(2)30-20-12-11-18-21(25-20)28(16(4)17-9-7-6-8-10-17)22(24-18)19-13-15(3)23(29)27(5)26-19/h6-14,16H,1-5H3. The van der Waals surface area contributed by atoms with Crippen molar-refractivity contribution in [3.05, 3.63) is 70.0 Å². The van der Waals surface area contributed by atoms with E-state index in [1.807, 2.05) is 44.2 Å². The minimum Gasteiger partial charge on any atom is -0.475 e. The Hall–Kier alpha value is -3.48. The third-order valence-corrected chi connectivity index (χ3v) is 5.01. The molecule has 3 heterocycles. The first-order valence-corrected chi connectivity index (χ1v) is 10.0. The Morgan fingerprint density at radius 1 is 1.00 bits per heavy atom. The van der Waals surface area contributed by atoms with E-state index >= 15 is 0 Å². The molecule has 0 aliphatic rings. The highest BCUT2D eigenvalue weighted by Gasteiger charge is 2.22. The van der Waals surface area contributed by atoms with Gasteiger partial charge in [-0.1, -0.05) is 30.3 Å². The molecule has 3 aromatic heterocycles. The zero-order chi connectivity index (χ0) is 21.4. The van der Waals surface area contributed by atoms with Gasteiger partial charge < -0.3 is 4.74 Å². The lowest BCUT2D eigenvalue weighted by Gasteiger charge is -2.18. The summed E-state index contributed by atoms with van der Waals surface area (Å²) in [6, 6.07) is 15.6. The van der Waals surface area contributed by atoms with Gasteiger partial charge in [-0.2, -0.15) is 10.1 Å². The van der Waals surface area contributed by atoms with Crippen LogP contribution in [-0.2, 0) is 7.05 Å². The van der Waals surface area contributed by atoms with Crippen molar-refractivity contribution >= 4 is 11.2 Å². The molecule has 154 valence electrons. The highest BCUT2D eigenvalue weighted by molar-refractivity contribution is 5.77. The zero-order valence-electron chi connectivity index (χ0n) is 17.8. The second kappa shape index (κ2) is 7.74. The van der Waals surface area contributed by atoms with Crippen molar-refractivity contribution in [3.63, 3.8) is 0 Å². The molecule has 0 fully saturated rings. The summed E-state index contributed by atoms with van der Waals surface area (Å²) in [5.41, 5.74) is 3.71. The molecule has 7 nitrogen and oxygen atoms in total. The van der Waals surface area contributed by atoms with Crippen molar-refractivity contribution in [2.24, 2.45) is 7.05 Å². The first kappa shape index (κ1) is 19.8. The predicted octanol–water partition coefficient (Wildman–Crippen LogP) is 3.90. The largest absolute Gasteiger partial charge is 0.475 e. The molecule has 0 bridgehead atoms. The van der Waals surface area contributed by atoms with Gasteiger partial charge >= 0.3 is 0 Å². The van der Waals surface area contributed by atoms with Gasteiger partial charge in [0.15, 0.2) is 11.5 Å². The zero-order valence-corrected chi connectivity index (χ0v) is 17.8. The molecule has 1 atom stereocenters. The normalized spacial score (nSPS) is 12.5. The molecule has 0 amide bonds. The molecule has 1 aromatic carbocycles. The van der Waals surface area contributed by atoms with Crippen molar-refractivity contribution in [2.45, 2.75) is 39.8 Å². The summed E-state index contributed by atoms with van der Waals surface area (Å²) in [6.45, 7) is 7.83. The quantitative estimate of drug-likeness (QED) is 0.505. The average molecular weight is 403 g/mol. The van der Waals surface area contributed by atoms with Crippen LogP contribution in [0.2, 0.25) is 0 Å². The minimum atomic E-state index is -0.122. The topological polar surface area (TPSA) is 74.8 Å². The van der Waals surface area contributed by atoms with Gasteiger partial charge in [0, 0.05) is 18.7 Å². The SMILES string of the molecule is Cc1cc(-c2nc3ccc(OC(C)C)nc3n2C(C)c2ccccc2)nn(C)c1=O. The third kappa shape index (κ3) is 3.58. The van der Waals surface area contributed by atoms with Gasteiger partial charge in [-0.25, -0.2) is 9.67 Å². The van der Waals surface area contributed by atoms with Crippen LogP contribution in [0.3, 0.4) is 0 Å². The Morgan fingerprint density at radius 2 is 1.73 bits per heavy atom. The predicted molar refractivity (Wildman–Crippen MR) is 117 cm³/mol. The van der Waals surface area contributed by atoms with Gasteiger partial charge in [-0.3, -0.25) is 9.36 Å². The fourth-order valence-electron chi connectivity index (χ4n) is 3.56. The first-order valence-electron chi connectivity index (χ1n) is 10.0. The summed E-state index contributed by atoms with van der Waals surface area (Å²) in [5.74, 6) is 1.21. The number of rotatable bonds is 5. The summed E-state index contributed by atoms with van der Waals surface area (Å²) in [7, 11) is 1.65. The molecule has 0 radical (unpaired) electrons. The molecule has 30 heavy (non-hydrogen) atoms. The maximum atomic E-state index is 12.2. The first-order chi connectivity index (χ1) is 14.3. The second-order valence-electron chi connectivity index (χ2n) is 7.69. The molecule has 7 heteroatoms. The number of ether oxygens (including phenoxy) is 1. The van der Waals surface area contributed by atoms with E-state index in [1.54, 1.807) is 20.0 Å². The summed E-state index contributed by atoms with van der Waals surface area (Å²) >= 11 is 0. The van der Waals surface area contributed by atoms with Crippen LogP contribution in [0.1, 0.15) is 37.9 Å². The van der Waals surface area contributed by atoms with Crippen molar-refractivity contribution < 1.29 is 4.74 Å². The molecule has 4 aromatic rings. The van der Waals surface area contributed by atoms with Crippen molar-refractivity contribution in [1.82, 2.24) is 24.3 Å². The lowest BCUT2D eigenvalue weighted by atomic mass is 10.1. The number of hydrogen-bond donors (Lipinski definition) is 0. The van der Waals surface area contributed by atoms with E-state index in [9.17, 15) is 4.79 Å². The van der Waals surface area contributed by atoms with Crippen LogP contribution in [0.4, 0.5) is 0 Å². The fraction of sp³-hybridized carbons (Fsp3) is 0.304. The van der Waals surface area contributed by atoms with E-state index in [4.69, 9.17) is 14.7 Å². The molecule has 0 spiro atoms. The summed E-state index contributed by atoms with van der Waals surface area (Å²) in [6.07, 6.45) is 0.0188. The molecule has 0 aliphatic heterocycles. The number of imidazole rings is 1. The molecule has 1 unspecified atom stereocenters. The van der Waals surface area contributed by atoms with Crippen LogP contribution in [0.25, 0.3) is 22.7 Å². The van der Waals surface area contributed by atoms with Crippen molar-refractivity contribution in [1.29, 1.82) is 0 Å². The second-order valence-corrected chi connectivity index (χ2v) is 7.69. The van der Waals surface area contributed by atoms with Crippen LogP contribution in [0.5, 0.6) is 5.88 Å². The van der Waals surface area contributed by atoms with Crippen molar-refractivity contribution in [3.8, 4) is 17.4 Å². The third-order valence-electron chi connectivity index (χ3n) is 5.01. The maximum Gasteiger partial charge on any atom is 0.269 e. The molecule has 4 rings (SSSR count). The van der Waals surface area contributed by atoms with Crippen LogP contribution >= 0.6 is 0 Å². The number of pyridine rings is 1. The molecular weight excluding hydrogens is 378 g/mol. The Morgan fingerprint density at radius 3 is 2.40 bits per heavy atom. The van der Waals surface area contributed by atoms with E-state index in [2.05, 4.69) is 28.7 Å². The van der Waals surface area contributed by atoms with Crippen LogP contribution in [0, 0.1) is 6.92 Å². The average Bonchev–Trinajstić information content (AvgIpc) is 3.10. The lowest BCUT2D eigenvalue weighted by molar-refractivity contribution is 0.233. The Kier molecular flexibility index (Phi) is 5.11. The van der Waals surface area contributed by atoms with E-state index in [1.165, 1.54) is 4.68 Å². The van der Waals surface area contributed by atoms with Crippen LogP contribution in [0.15, 0.2) is 53.3 Å². The molecule has 0 N–H and O–H groups in total. The number of aromatic nitrogens is 5. The number of hydrogen-bond acceptors (Lipinski definition) is 5. The molecule has 0 saturated carbocycles. The van der Waals surface area contributed by atoms with Gasteiger partial charge in [0.2, 0.25) is 5.88 Å². The highest BCUT2D eigenvalue weighted by atomic mass is 16.5. The summed E-state index contributed by atoms with van der Waals surface area (Å²) in [4.78, 5) is 21.7. The maximum absolute atomic E-state index is 12.2. The van der Waals surface area contributed by atoms with E-state index in [-0.39, 0.29) is 17.7 Å². The van der Waals surface area contributed by atoms with Crippen LogP contribution in [-0.4, -0.2) is 30.4 Å². The van der Waals surface area contributed by atoms with Crippen molar-refractivity contribution in [2.75, 3.05) is 0 Å². The minimum absolute atomic E-state index is 0.0188. The van der Waals surface area contributed by atoms with Crippen LogP contribution < -0.4 is 10.3 Å². The van der Waals surface area contributed by atoms with Gasteiger partial charge in [0.05, 0.1) is 12.1 Å². The lowest BCUT2D eigenvalue weighted by Crippen LogP contribution is -2.22. The molecule has 0 aliphatic carbocycles. The Bertz CT molecular complexity index is 1230. The van der Waals surface area contributed by atoms with Gasteiger partial charge in [-0.15, -0.1) is 0 Å².